The third-order valence-corrected chi connectivity index (χ3v) is 3.43. The van der Waals surface area contributed by atoms with Crippen molar-refractivity contribution in [1.82, 2.24) is 0 Å². The molecule has 1 aromatic rings. The number of hydrogen-bond acceptors (Lipinski definition) is 0. The largest absolute Gasteiger partial charge is 0.0840 e. The molecule has 0 unspecified atom stereocenters. The summed E-state index contributed by atoms with van der Waals surface area (Å²) in [4.78, 5) is 0. The minimum absolute atomic E-state index is 0.318. The van der Waals surface area contributed by atoms with Crippen LogP contribution >= 0.6 is 11.6 Å². The van der Waals surface area contributed by atoms with E-state index < -0.39 is 0 Å². The lowest BCUT2D eigenvalue weighted by atomic mass is 9.73. The number of halogens is 1. The Balaban J connectivity index is 2.58. The summed E-state index contributed by atoms with van der Waals surface area (Å²) < 4.78 is 0. The highest BCUT2D eigenvalue weighted by atomic mass is 35.5. The molecule has 0 amide bonds. The maximum atomic E-state index is 6.17. The summed E-state index contributed by atoms with van der Waals surface area (Å²) in [6.45, 7) is 4.61. The number of hydrogen-bond donors (Lipinski definition) is 0. The molecule has 0 aliphatic heterocycles. The lowest BCUT2D eigenvalue weighted by Crippen LogP contribution is -2.23. The molecule has 0 saturated heterocycles. The SMILES string of the molecule is CC1(C)CCCc2c(Cl)cccc21. The summed E-state index contributed by atoms with van der Waals surface area (Å²) in [5.41, 5.74) is 3.14. The number of rotatable bonds is 0. The molecule has 0 fully saturated rings. The molecule has 13 heavy (non-hydrogen) atoms. The number of benzene rings is 1. The molecule has 0 N–H and O–H groups in total. The van der Waals surface area contributed by atoms with E-state index in [9.17, 15) is 0 Å². The predicted molar refractivity (Wildman–Crippen MR) is 57.4 cm³/mol. The first-order valence-corrected chi connectivity index (χ1v) is 5.27. The summed E-state index contributed by atoms with van der Waals surface area (Å²) in [7, 11) is 0. The zero-order valence-corrected chi connectivity index (χ0v) is 8.99. The van der Waals surface area contributed by atoms with Crippen molar-refractivity contribution in [2.75, 3.05) is 0 Å². The minimum Gasteiger partial charge on any atom is -0.0840 e. The monoisotopic (exact) mass is 194 g/mol. The van der Waals surface area contributed by atoms with Crippen molar-refractivity contribution in [3.05, 3.63) is 34.3 Å². The van der Waals surface area contributed by atoms with Crippen molar-refractivity contribution in [2.24, 2.45) is 0 Å². The summed E-state index contributed by atoms with van der Waals surface area (Å²) in [6, 6.07) is 6.29. The molecule has 2 rings (SSSR count). The van der Waals surface area contributed by atoms with Crippen LogP contribution in [0.3, 0.4) is 0 Å². The van der Waals surface area contributed by atoms with Crippen LogP contribution in [0.15, 0.2) is 18.2 Å². The van der Waals surface area contributed by atoms with E-state index in [0.717, 1.165) is 11.4 Å². The second-order valence-corrected chi connectivity index (χ2v) is 4.91. The van der Waals surface area contributed by atoms with Gasteiger partial charge in [-0.15, -0.1) is 0 Å². The molecule has 1 aliphatic carbocycles. The second kappa shape index (κ2) is 3.02. The summed E-state index contributed by atoms with van der Waals surface area (Å²) >= 11 is 6.17. The van der Waals surface area contributed by atoms with Crippen LogP contribution in [0.5, 0.6) is 0 Å². The highest BCUT2D eigenvalue weighted by Crippen LogP contribution is 2.39. The molecule has 0 bridgehead atoms. The lowest BCUT2D eigenvalue weighted by molar-refractivity contribution is 0.432. The van der Waals surface area contributed by atoms with Crippen LogP contribution in [0.4, 0.5) is 0 Å². The van der Waals surface area contributed by atoms with E-state index in [4.69, 9.17) is 11.6 Å². The minimum atomic E-state index is 0.318. The fourth-order valence-electron chi connectivity index (χ4n) is 2.29. The Kier molecular flexibility index (Phi) is 2.11. The first-order valence-electron chi connectivity index (χ1n) is 4.89. The van der Waals surface area contributed by atoms with Crippen molar-refractivity contribution >= 4 is 11.6 Å². The van der Waals surface area contributed by atoms with Gasteiger partial charge in [-0.05, 0) is 41.9 Å². The van der Waals surface area contributed by atoms with Crippen LogP contribution < -0.4 is 0 Å². The van der Waals surface area contributed by atoms with Gasteiger partial charge in [-0.2, -0.15) is 0 Å². The van der Waals surface area contributed by atoms with Gasteiger partial charge in [0, 0.05) is 5.02 Å². The van der Waals surface area contributed by atoms with E-state index in [1.54, 1.807) is 0 Å². The van der Waals surface area contributed by atoms with Gasteiger partial charge in [-0.1, -0.05) is 37.6 Å². The van der Waals surface area contributed by atoms with Crippen molar-refractivity contribution in [1.29, 1.82) is 0 Å². The molecule has 1 aromatic carbocycles. The molecule has 0 aromatic heterocycles. The summed E-state index contributed by atoms with van der Waals surface area (Å²) in [5, 5.41) is 0.949. The van der Waals surface area contributed by atoms with Gasteiger partial charge in [0.05, 0.1) is 0 Å². The quantitative estimate of drug-likeness (QED) is 0.587. The summed E-state index contributed by atoms with van der Waals surface area (Å²) in [6.07, 6.45) is 3.70. The van der Waals surface area contributed by atoms with E-state index in [1.807, 2.05) is 6.07 Å². The maximum Gasteiger partial charge on any atom is 0.0440 e. The van der Waals surface area contributed by atoms with Crippen LogP contribution in [0, 0.1) is 0 Å². The van der Waals surface area contributed by atoms with Gasteiger partial charge in [0.1, 0.15) is 0 Å². The third kappa shape index (κ3) is 1.48. The van der Waals surface area contributed by atoms with Gasteiger partial charge in [0.25, 0.3) is 0 Å². The standard InChI is InChI=1S/C12H15Cl/c1-12(2)8-4-5-9-10(12)6-3-7-11(9)13/h3,6-7H,4-5,8H2,1-2H3. The molecule has 70 valence electrons. The van der Waals surface area contributed by atoms with Gasteiger partial charge in [-0.25, -0.2) is 0 Å². The smallest absolute Gasteiger partial charge is 0.0440 e. The van der Waals surface area contributed by atoms with Crippen molar-refractivity contribution in [3.8, 4) is 0 Å². The first kappa shape index (κ1) is 9.08. The second-order valence-electron chi connectivity index (χ2n) is 4.50. The molecule has 1 heteroatoms. The van der Waals surface area contributed by atoms with Crippen molar-refractivity contribution in [3.63, 3.8) is 0 Å². The maximum absolute atomic E-state index is 6.17. The van der Waals surface area contributed by atoms with E-state index in [1.165, 1.54) is 24.0 Å². The Hall–Kier alpha value is -0.490. The Labute approximate surface area is 84.9 Å². The van der Waals surface area contributed by atoms with Crippen LogP contribution in [-0.2, 0) is 11.8 Å². The van der Waals surface area contributed by atoms with Crippen LogP contribution in [0.1, 0.15) is 37.8 Å². The molecular formula is C12H15Cl. The summed E-state index contributed by atoms with van der Waals surface area (Å²) in [5.74, 6) is 0. The van der Waals surface area contributed by atoms with E-state index in [-0.39, 0.29) is 0 Å². The van der Waals surface area contributed by atoms with Crippen LogP contribution in [-0.4, -0.2) is 0 Å². The molecule has 0 heterocycles. The highest BCUT2D eigenvalue weighted by molar-refractivity contribution is 6.31. The van der Waals surface area contributed by atoms with Gasteiger partial charge in [0.2, 0.25) is 0 Å². The molecule has 1 aliphatic rings. The van der Waals surface area contributed by atoms with Gasteiger partial charge < -0.3 is 0 Å². The molecule has 0 spiro atoms. The molecule has 0 radical (unpaired) electrons. The molecular weight excluding hydrogens is 180 g/mol. The predicted octanol–water partition coefficient (Wildman–Crippen LogP) is 3.95. The number of fused-ring (bicyclic) bond motifs is 1. The zero-order chi connectivity index (χ0) is 9.47. The van der Waals surface area contributed by atoms with E-state index >= 15 is 0 Å². The zero-order valence-electron chi connectivity index (χ0n) is 8.23. The van der Waals surface area contributed by atoms with E-state index in [2.05, 4.69) is 26.0 Å². The van der Waals surface area contributed by atoms with Gasteiger partial charge in [-0.3, -0.25) is 0 Å². The van der Waals surface area contributed by atoms with Gasteiger partial charge in [0.15, 0.2) is 0 Å². The third-order valence-electron chi connectivity index (χ3n) is 3.08. The normalized spacial score (nSPS) is 19.6. The Bertz CT molecular complexity index is 326. The van der Waals surface area contributed by atoms with Crippen molar-refractivity contribution < 1.29 is 0 Å². The van der Waals surface area contributed by atoms with Crippen LogP contribution in [0.25, 0.3) is 0 Å². The molecule has 0 saturated carbocycles. The van der Waals surface area contributed by atoms with Gasteiger partial charge >= 0.3 is 0 Å². The fraction of sp³-hybridized carbons (Fsp3) is 0.500. The van der Waals surface area contributed by atoms with Crippen molar-refractivity contribution in [2.45, 2.75) is 38.5 Å². The van der Waals surface area contributed by atoms with Crippen LogP contribution in [0.2, 0.25) is 5.02 Å². The lowest BCUT2D eigenvalue weighted by Gasteiger charge is -2.32. The molecule has 0 nitrogen and oxygen atoms in total. The first-order chi connectivity index (χ1) is 6.11. The fourth-order valence-corrected chi connectivity index (χ4v) is 2.56. The van der Waals surface area contributed by atoms with E-state index in [0.29, 0.717) is 5.41 Å². The molecule has 0 atom stereocenters. The Morgan fingerprint density at radius 1 is 1.31 bits per heavy atom. The highest BCUT2D eigenvalue weighted by Gasteiger charge is 2.27. The Morgan fingerprint density at radius 2 is 2.08 bits per heavy atom. The average molecular weight is 195 g/mol. The Morgan fingerprint density at radius 3 is 2.77 bits per heavy atom. The average Bonchev–Trinajstić information content (AvgIpc) is 2.06. The topological polar surface area (TPSA) is 0 Å².